The predicted molar refractivity (Wildman–Crippen MR) is 145 cm³/mol. The van der Waals surface area contributed by atoms with Gasteiger partial charge in [-0.05, 0) is 30.3 Å². The van der Waals surface area contributed by atoms with E-state index in [1.165, 1.54) is 6.92 Å². The largest absolute Gasteiger partial charge is 0.496 e. The van der Waals surface area contributed by atoms with Crippen LogP contribution in [-0.4, -0.2) is 60.2 Å². The number of carbonyl (C=O) groups excluding carboxylic acids is 1. The summed E-state index contributed by atoms with van der Waals surface area (Å²) in [4.78, 5) is 32.5. The molecule has 0 spiro atoms. The lowest BCUT2D eigenvalue weighted by Gasteiger charge is -2.35. The predicted octanol–water partition coefficient (Wildman–Crippen LogP) is 4.49. The molecular weight excluding hydrogens is 515 g/mol. The van der Waals surface area contributed by atoms with Crippen molar-refractivity contribution in [3.8, 4) is 5.75 Å². The Hall–Kier alpha value is -2.78. The molecule has 8 nitrogen and oxygen atoms in total. The molecule has 1 amide bonds. The van der Waals surface area contributed by atoms with E-state index in [2.05, 4.69) is 21.2 Å². The Kier molecular flexibility index (Phi) is 11.5. The summed E-state index contributed by atoms with van der Waals surface area (Å²) in [5.74, 6) is 0.306. The van der Waals surface area contributed by atoms with Crippen molar-refractivity contribution in [2.75, 3.05) is 43.5 Å². The maximum atomic E-state index is 11.9. The highest BCUT2D eigenvalue weighted by Gasteiger charge is 2.21. The lowest BCUT2D eigenvalue weighted by atomic mass is 10.1. The number of ether oxygens (including phenoxy) is 1. The summed E-state index contributed by atoms with van der Waals surface area (Å²) in [5.41, 5.74) is 2.46. The fourth-order valence-corrected chi connectivity index (χ4v) is 4.04. The fourth-order valence-electron chi connectivity index (χ4n) is 4.04. The van der Waals surface area contributed by atoms with E-state index in [1.54, 1.807) is 31.4 Å². The van der Waals surface area contributed by atoms with Gasteiger partial charge in [0.25, 0.3) is 0 Å². The number of anilines is 2. The lowest BCUT2D eigenvalue weighted by Crippen LogP contribution is -2.46. The number of benzene rings is 2. The first-order valence-electron chi connectivity index (χ1n) is 10.5. The summed E-state index contributed by atoms with van der Waals surface area (Å²) in [6.07, 6.45) is 0. The minimum atomic E-state index is -1.02. The number of amides is 1. The van der Waals surface area contributed by atoms with Gasteiger partial charge in [0.05, 0.1) is 18.2 Å². The molecule has 1 fully saturated rings. The summed E-state index contributed by atoms with van der Waals surface area (Å²) in [6.45, 7) is 5.38. The molecule has 2 aromatic carbocycles. The van der Waals surface area contributed by atoms with Gasteiger partial charge in [-0.25, -0.2) is 9.78 Å². The molecule has 0 bridgehead atoms. The number of methoxy groups -OCH3 is 1. The van der Waals surface area contributed by atoms with Gasteiger partial charge < -0.3 is 20.1 Å². The van der Waals surface area contributed by atoms with E-state index in [4.69, 9.17) is 9.72 Å². The van der Waals surface area contributed by atoms with Crippen molar-refractivity contribution in [3.63, 3.8) is 0 Å². The molecule has 3 aromatic rings. The van der Waals surface area contributed by atoms with Crippen molar-refractivity contribution in [3.05, 3.63) is 59.7 Å². The molecule has 1 aromatic heterocycles. The molecule has 35 heavy (non-hydrogen) atoms. The van der Waals surface area contributed by atoms with Crippen LogP contribution in [0.2, 0.25) is 0 Å². The molecule has 4 rings (SSSR count). The number of fused-ring (bicyclic) bond motifs is 1. The van der Waals surface area contributed by atoms with Gasteiger partial charge >= 0.3 is 5.97 Å². The molecule has 11 heteroatoms. The van der Waals surface area contributed by atoms with E-state index < -0.39 is 5.97 Å². The summed E-state index contributed by atoms with van der Waals surface area (Å²) in [6, 6.07) is 14.8. The SMILES string of the molecule is COc1ccccc1CN1CCN(c2cc(C(=O)O)c3cc(NC(C)=O)ccc3n2)CC1.Cl.Cl.Cl. The van der Waals surface area contributed by atoms with Gasteiger partial charge in [0, 0.05) is 56.3 Å². The minimum absolute atomic E-state index is 0. The Labute approximate surface area is 222 Å². The monoisotopic (exact) mass is 542 g/mol. The number of carbonyl (C=O) groups is 2. The zero-order chi connectivity index (χ0) is 22.7. The van der Waals surface area contributed by atoms with Crippen LogP contribution in [0, 0.1) is 0 Å². The first kappa shape index (κ1) is 30.3. The van der Waals surface area contributed by atoms with Gasteiger partial charge in [-0.2, -0.15) is 0 Å². The van der Waals surface area contributed by atoms with Gasteiger partial charge in [0.2, 0.25) is 5.91 Å². The summed E-state index contributed by atoms with van der Waals surface area (Å²) < 4.78 is 5.46. The minimum Gasteiger partial charge on any atom is -0.496 e. The van der Waals surface area contributed by atoms with Gasteiger partial charge in [-0.3, -0.25) is 9.69 Å². The molecule has 190 valence electrons. The van der Waals surface area contributed by atoms with Crippen LogP contribution in [0.3, 0.4) is 0 Å². The Balaban J connectivity index is 0.00000204. The van der Waals surface area contributed by atoms with Crippen LogP contribution in [0.5, 0.6) is 5.75 Å². The average Bonchev–Trinajstić information content (AvgIpc) is 2.78. The second-order valence-electron chi connectivity index (χ2n) is 7.82. The van der Waals surface area contributed by atoms with Crippen LogP contribution >= 0.6 is 37.2 Å². The van der Waals surface area contributed by atoms with E-state index in [-0.39, 0.29) is 48.7 Å². The van der Waals surface area contributed by atoms with Crippen LogP contribution in [0.25, 0.3) is 10.9 Å². The number of pyridine rings is 1. The van der Waals surface area contributed by atoms with Gasteiger partial charge in [0.1, 0.15) is 11.6 Å². The molecule has 0 atom stereocenters. The zero-order valence-corrected chi connectivity index (χ0v) is 21.8. The Morgan fingerprint density at radius 3 is 2.34 bits per heavy atom. The molecule has 0 saturated carbocycles. The number of aromatic nitrogens is 1. The van der Waals surface area contributed by atoms with Gasteiger partial charge in [-0.15, -0.1) is 37.2 Å². The number of nitrogens with zero attached hydrogens (tertiary/aromatic N) is 3. The molecule has 1 aliphatic rings. The first-order valence-corrected chi connectivity index (χ1v) is 10.5. The highest BCUT2D eigenvalue weighted by atomic mass is 35.5. The molecule has 0 radical (unpaired) electrons. The van der Waals surface area contributed by atoms with Crippen molar-refractivity contribution >= 4 is 71.5 Å². The number of aromatic carboxylic acids is 1. The van der Waals surface area contributed by atoms with Crippen molar-refractivity contribution in [1.29, 1.82) is 0 Å². The number of carboxylic acids is 1. The summed E-state index contributed by atoms with van der Waals surface area (Å²) in [7, 11) is 1.68. The first-order chi connectivity index (χ1) is 15.4. The number of carboxylic acid groups (broad SMARTS) is 1. The zero-order valence-electron chi connectivity index (χ0n) is 19.4. The van der Waals surface area contributed by atoms with E-state index in [0.717, 1.165) is 44.0 Å². The molecule has 0 unspecified atom stereocenters. The fraction of sp³-hybridized carbons (Fsp3) is 0.292. The number of piperazine rings is 1. The quantitative estimate of drug-likeness (QED) is 0.473. The second-order valence-corrected chi connectivity index (χ2v) is 7.82. The molecule has 1 saturated heterocycles. The van der Waals surface area contributed by atoms with Gasteiger partial charge in [-0.1, -0.05) is 18.2 Å². The Morgan fingerprint density at radius 1 is 1.03 bits per heavy atom. The highest BCUT2D eigenvalue weighted by Crippen LogP contribution is 2.27. The third-order valence-corrected chi connectivity index (χ3v) is 5.63. The number of para-hydroxylation sites is 1. The topological polar surface area (TPSA) is 95.0 Å². The molecule has 2 heterocycles. The highest BCUT2D eigenvalue weighted by molar-refractivity contribution is 6.05. The van der Waals surface area contributed by atoms with Crippen LogP contribution < -0.4 is 15.0 Å². The van der Waals surface area contributed by atoms with E-state index in [1.807, 2.05) is 18.2 Å². The van der Waals surface area contributed by atoms with Crippen LogP contribution in [0.15, 0.2) is 48.5 Å². The number of rotatable bonds is 6. The summed E-state index contributed by atoms with van der Waals surface area (Å²) in [5, 5.41) is 13.0. The average molecular weight is 544 g/mol. The molecule has 1 aliphatic heterocycles. The number of nitrogens with one attached hydrogen (secondary N) is 1. The normalized spacial score (nSPS) is 13.1. The van der Waals surface area contributed by atoms with Gasteiger partial charge in [0.15, 0.2) is 0 Å². The smallest absolute Gasteiger partial charge is 0.336 e. The van der Waals surface area contributed by atoms with Crippen LogP contribution in [0.1, 0.15) is 22.8 Å². The number of hydrogen-bond donors (Lipinski definition) is 2. The number of halogens is 3. The van der Waals surface area contributed by atoms with Crippen molar-refractivity contribution < 1.29 is 19.4 Å². The maximum absolute atomic E-state index is 11.9. The van der Waals surface area contributed by atoms with Crippen molar-refractivity contribution in [2.24, 2.45) is 0 Å². The molecule has 0 aliphatic carbocycles. The molecular formula is C24H29Cl3N4O4. The van der Waals surface area contributed by atoms with Crippen molar-refractivity contribution in [2.45, 2.75) is 13.5 Å². The third-order valence-electron chi connectivity index (χ3n) is 5.63. The van der Waals surface area contributed by atoms with Crippen LogP contribution in [-0.2, 0) is 11.3 Å². The third kappa shape index (κ3) is 7.11. The summed E-state index contributed by atoms with van der Waals surface area (Å²) >= 11 is 0. The van der Waals surface area contributed by atoms with E-state index >= 15 is 0 Å². The Bertz CT molecular complexity index is 1170. The van der Waals surface area contributed by atoms with E-state index in [0.29, 0.717) is 22.4 Å². The Morgan fingerprint density at radius 2 is 1.71 bits per heavy atom. The van der Waals surface area contributed by atoms with Crippen molar-refractivity contribution in [1.82, 2.24) is 9.88 Å². The molecule has 2 N–H and O–H groups in total. The maximum Gasteiger partial charge on any atom is 0.336 e. The lowest BCUT2D eigenvalue weighted by molar-refractivity contribution is -0.114. The van der Waals surface area contributed by atoms with E-state index in [9.17, 15) is 14.7 Å². The number of hydrogen-bond acceptors (Lipinski definition) is 6. The standard InChI is InChI=1S/C24H26N4O4.3ClH/c1-16(29)25-18-7-8-21-19(13-18)20(24(30)31)14-23(26-21)28-11-9-27(10-12-28)15-17-5-3-4-6-22(17)32-2;;;/h3-8,13-14H,9-12,15H2,1-2H3,(H,25,29)(H,30,31);3*1H. The van der Waals surface area contributed by atoms with Crippen LogP contribution in [0.4, 0.5) is 11.5 Å². The second kappa shape index (κ2) is 13.3.